The molecule has 7 heteroatoms. The summed E-state index contributed by atoms with van der Waals surface area (Å²) in [6.07, 6.45) is 7.33. The van der Waals surface area contributed by atoms with Gasteiger partial charge < -0.3 is 9.88 Å². The summed E-state index contributed by atoms with van der Waals surface area (Å²) in [7, 11) is -3.80. The van der Waals surface area contributed by atoms with E-state index < -0.39 is 21.0 Å². The molecule has 1 fully saturated rings. The van der Waals surface area contributed by atoms with Gasteiger partial charge in [-0.25, -0.2) is 13.4 Å². The number of aromatic nitrogens is 2. The minimum absolute atomic E-state index is 0.0316. The molecule has 2 rings (SSSR count). The van der Waals surface area contributed by atoms with E-state index in [2.05, 4.69) is 17.2 Å². The average molecular weight is 341 g/mol. The van der Waals surface area contributed by atoms with Crippen LogP contribution in [0.1, 0.15) is 59.4 Å². The van der Waals surface area contributed by atoms with Gasteiger partial charge in [0, 0.05) is 24.5 Å². The van der Waals surface area contributed by atoms with Crippen molar-refractivity contribution in [2.45, 2.75) is 75.9 Å². The van der Waals surface area contributed by atoms with E-state index in [4.69, 9.17) is 0 Å². The van der Waals surface area contributed by atoms with Crippen molar-refractivity contribution >= 4 is 15.7 Å². The standard InChI is InChI=1S/C16H27N3O3S/c1-11(2)19-10-9-17-16(19)23(21,22)13(4)15(20)18-14-8-6-5-7-12(14)3/h9-14H,5-8H2,1-4H3,(H,18,20). The summed E-state index contributed by atoms with van der Waals surface area (Å²) in [6.45, 7) is 7.32. The predicted octanol–water partition coefficient (Wildman–Crippen LogP) is 2.32. The topological polar surface area (TPSA) is 81.1 Å². The molecule has 130 valence electrons. The first kappa shape index (κ1) is 18.0. The number of hydrogen-bond acceptors (Lipinski definition) is 4. The second kappa shape index (κ2) is 7.03. The summed E-state index contributed by atoms with van der Waals surface area (Å²) in [5.74, 6) is -0.0395. The van der Waals surface area contributed by atoms with Gasteiger partial charge in [0.2, 0.25) is 20.9 Å². The second-order valence-corrected chi connectivity index (χ2v) is 8.94. The lowest BCUT2D eigenvalue weighted by Crippen LogP contribution is -2.47. The van der Waals surface area contributed by atoms with Gasteiger partial charge in [0.15, 0.2) is 0 Å². The van der Waals surface area contributed by atoms with Gasteiger partial charge in [-0.15, -0.1) is 0 Å². The zero-order valence-corrected chi connectivity index (χ0v) is 15.1. The van der Waals surface area contributed by atoms with Crippen LogP contribution in [0.4, 0.5) is 0 Å². The van der Waals surface area contributed by atoms with Crippen molar-refractivity contribution in [1.82, 2.24) is 14.9 Å². The number of amides is 1. The molecule has 1 N–H and O–H groups in total. The molecule has 1 aliphatic carbocycles. The Morgan fingerprint density at radius 1 is 1.30 bits per heavy atom. The first-order valence-corrected chi connectivity index (χ1v) is 9.87. The molecule has 0 aromatic carbocycles. The molecule has 1 aromatic heterocycles. The first-order valence-electron chi connectivity index (χ1n) is 8.32. The molecule has 0 radical (unpaired) electrons. The van der Waals surface area contributed by atoms with Gasteiger partial charge in [0.05, 0.1) is 0 Å². The summed E-state index contributed by atoms with van der Waals surface area (Å²) < 4.78 is 27.1. The summed E-state index contributed by atoms with van der Waals surface area (Å²) in [4.78, 5) is 16.4. The molecular weight excluding hydrogens is 314 g/mol. The maximum Gasteiger partial charge on any atom is 0.238 e. The smallest absolute Gasteiger partial charge is 0.238 e. The molecule has 0 saturated heterocycles. The van der Waals surface area contributed by atoms with Crippen LogP contribution in [0.15, 0.2) is 17.6 Å². The lowest BCUT2D eigenvalue weighted by atomic mass is 9.86. The van der Waals surface area contributed by atoms with Crippen LogP contribution < -0.4 is 5.32 Å². The van der Waals surface area contributed by atoms with Gasteiger partial charge in [0.25, 0.3) is 0 Å². The third-order valence-electron chi connectivity index (χ3n) is 4.72. The van der Waals surface area contributed by atoms with Gasteiger partial charge in [-0.1, -0.05) is 19.8 Å². The molecular formula is C16H27N3O3S. The molecule has 1 aliphatic rings. The van der Waals surface area contributed by atoms with Crippen LogP contribution in [0, 0.1) is 5.92 Å². The minimum Gasteiger partial charge on any atom is -0.352 e. The highest BCUT2D eigenvalue weighted by Gasteiger charge is 2.35. The van der Waals surface area contributed by atoms with E-state index in [1.54, 1.807) is 10.8 Å². The van der Waals surface area contributed by atoms with E-state index in [9.17, 15) is 13.2 Å². The second-order valence-electron chi connectivity index (χ2n) is 6.77. The Bertz CT molecular complexity index is 651. The molecule has 6 nitrogen and oxygen atoms in total. The molecule has 1 aromatic rings. The van der Waals surface area contributed by atoms with Crippen molar-refractivity contribution in [3.05, 3.63) is 12.4 Å². The molecule has 0 bridgehead atoms. The number of imidazole rings is 1. The van der Waals surface area contributed by atoms with E-state index in [0.29, 0.717) is 5.92 Å². The fraction of sp³-hybridized carbons (Fsp3) is 0.750. The Kier molecular flexibility index (Phi) is 5.49. The fourth-order valence-corrected chi connectivity index (χ4v) is 4.48. The van der Waals surface area contributed by atoms with Gasteiger partial charge in [-0.2, -0.15) is 0 Å². The number of carbonyl (C=O) groups excluding carboxylic acids is 1. The van der Waals surface area contributed by atoms with Crippen LogP contribution in [0.25, 0.3) is 0 Å². The Hall–Kier alpha value is -1.37. The van der Waals surface area contributed by atoms with Gasteiger partial charge >= 0.3 is 0 Å². The molecule has 0 spiro atoms. The number of hydrogen-bond donors (Lipinski definition) is 1. The molecule has 1 heterocycles. The monoisotopic (exact) mass is 341 g/mol. The minimum atomic E-state index is -3.80. The Morgan fingerprint density at radius 2 is 1.96 bits per heavy atom. The molecule has 1 amide bonds. The third kappa shape index (κ3) is 3.76. The highest BCUT2D eigenvalue weighted by molar-refractivity contribution is 7.92. The highest BCUT2D eigenvalue weighted by atomic mass is 32.2. The van der Waals surface area contributed by atoms with Gasteiger partial charge in [-0.05, 0) is 39.5 Å². The van der Waals surface area contributed by atoms with Crippen molar-refractivity contribution in [3.8, 4) is 0 Å². The van der Waals surface area contributed by atoms with Crippen LogP contribution in [0.2, 0.25) is 0 Å². The number of nitrogens with one attached hydrogen (secondary N) is 1. The number of rotatable bonds is 5. The highest BCUT2D eigenvalue weighted by Crippen LogP contribution is 2.24. The van der Waals surface area contributed by atoms with Crippen LogP contribution in [-0.4, -0.2) is 35.2 Å². The van der Waals surface area contributed by atoms with Crippen molar-refractivity contribution in [2.75, 3.05) is 0 Å². The first-order chi connectivity index (χ1) is 10.7. The van der Waals surface area contributed by atoms with Crippen molar-refractivity contribution in [2.24, 2.45) is 5.92 Å². The van der Waals surface area contributed by atoms with E-state index in [0.717, 1.165) is 19.3 Å². The van der Waals surface area contributed by atoms with E-state index in [1.807, 2.05) is 13.8 Å². The Balaban J connectivity index is 2.15. The van der Waals surface area contributed by atoms with E-state index >= 15 is 0 Å². The quantitative estimate of drug-likeness (QED) is 0.891. The lowest BCUT2D eigenvalue weighted by molar-refractivity contribution is -0.121. The van der Waals surface area contributed by atoms with Crippen LogP contribution in [0.3, 0.4) is 0 Å². The van der Waals surface area contributed by atoms with Crippen molar-refractivity contribution < 1.29 is 13.2 Å². The van der Waals surface area contributed by atoms with Crippen molar-refractivity contribution in [1.29, 1.82) is 0 Å². The SMILES string of the molecule is CC1CCCCC1NC(=O)C(C)S(=O)(=O)c1nccn1C(C)C. The third-order valence-corrected chi connectivity index (χ3v) is 6.69. The summed E-state index contributed by atoms with van der Waals surface area (Å²) in [6, 6.07) is 0.0367. The van der Waals surface area contributed by atoms with Crippen LogP contribution in [-0.2, 0) is 14.6 Å². The Labute approximate surface area is 138 Å². The maximum atomic E-state index is 12.7. The van der Waals surface area contributed by atoms with Gasteiger partial charge in [-0.3, -0.25) is 4.79 Å². The van der Waals surface area contributed by atoms with Crippen LogP contribution in [0.5, 0.6) is 0 Å². The zero-order valence-electron chi connectivity index (χ0n) is 14.3. The number of sulfone groups is 1. The number of carbonyl (C=O) groups is 1. The maximum absolute atomic E-state index is 12.7. The van der Waals surface area contributed by atoms with E-state index in [-0.39, 0.29) is 17.2 Å². The van der Waals surface area contributed by atoms with E-state index in [1.165, 1.54) is 19.5 Å². The van der Waals surface area contributed by atoms with Crippen molar-refractivity contribution in [3.63, 3.8) is 0 Å². The Morgan fingerprint density at radius 3 is 2.57 bits per heavy atom. The van der Waals surface area contributed by atoms with Crippen LogP contribution >= 0.6 is 0 Å². The normalized spacial score (nSPS) is 23.7. The molecule has 1 saturated carbocycles. The molecule has 3 atom stereocenters. The lowest BCUT2D eigenvalue weighted by Gasteiger charge is -2.30. The zero-order chi connectivity index (χ0) is 17.2. The summed E-state index contributed by atoms with van der Waals surface area (Å²) >= 11 is 0. The average Bonchev–Trinajstić information content (AvgIpc) is 2.99. The largest absolute Gasteiger partial charge is 0.352 e. The summed E-state index contributed by atoms with van der Waals surface area (Å²) in [5.41, 5.74) is 0. The summed E-state index contributed by atoms with van der Waals surface area (Å²) in [5, 5.41) is 1.75. The molecule has 23 heavy (non-hydrogen) atoms. The van der Waals surface area contributed by atoms with Gasteiger partial charge in [0.1, 0.15) is 5.25 Å². The number of nitrogens with zero attached hydrogens (tertiary/aromatic N) is 2. The fourth-order valence-electron chi connectivity index (χ4n) is 3.04. The molecule has 0 aliphatic heterocycles. The molecule has 3 unspecified atom stereocenters. The predicted molar refractivity (Wildman–Crippen MR) is 88.8 cm³/mol.